The number of rotatable bonds is 5. The van der Waals surface area contributed by atoms with Gasteiger partial charge in [0.15, 0.2) is 0 Å². The first kappa shape index (κ1) is 12.4. The summed E-state index contributed by atoms with van der Waals surface area (Å²) in [7, 11) is -3.25. The molecular weight excluding hydrogens is 280 g/mol. The van der Waals surface area contributed by atoms with Crippen LogP contribution in [0.4, 0.5) is 5.82 Å². The minimum Gasteiger partial charge on any atom is -0.267 e. The molecule has 0 radical (unpaired) electrons. The third-order valence-corrected chi connectivity index (χ3v) is 3.53. The highest BCUT2D eigenvalue weighted by Gasteiger charge is 2.09. The number of pyridine rings is 1. The Balaban J connectivity index is 2.69. The summed E-state index contributed by atoms with van der Waals surface area (Å²) in [5.41, 5.74) is 0. The second kappa shape index (κ2) is 5.46. The monoisotopic (exact) mass is 292 g/mol. The summed E-state index contributed by atoms with van der Waals surface area (Å²) in [6, 6.07) is 5.09. The fraction of sp³-hybridized carbons (Fsp3) is 0.444. The first-order chi connectivity index (χ1) is 7.03. The Morgan fingerprint density at radius 2 is 2.20 bits per heavy atom. The topological polar surface area (TPSA) is 59.1 Å². The lowest BCUT2D eigenvalue weighted by atomic mass is 10.4. The van der Waals surface area contributed by atoms with Gasteiger partial charge in [0.25, 0.3) is 0 Å². The van der Waals surface area contributed by atoms with Crippen LogP contribution in [0.3, 0.4) is 0 Å². The van der Waals surface area contributed by atoms with Gasteiger partial charge in [-0.3, -0.25) is 4.72 Å². The number of unbranched alkanes of at least 4 members (excludes halogenated alkanes) is 1. The standard InChI is InChI=1S/C9H13BrN2O2S/c1-2-3-7-15(13,14)12-9-6-4-5-8(10)11-9/h4-6H,2-3,7H2,1H3,(H,11,12). The van der Waals surface area contributed by atoms with E-state index in [1.807, 2.05) is 6.92 Å². The molecule has 84 valence electrons. The third kappa shape index (κ3) is 4.61. The van der Waals surface area contributed by atoms with Gasteiger partial charge in [-0.1, -0.05) is 19.4 Å². The maximum atomic E-state index is 11.5. The lowest BCUT2D eigenvalue weighted by Crippen LogP contribution is -2.17. The highest BCUT2D eigenvalue weighted by atomic mass is 79.9. The highest BCUT2D eigenvalue weighted by Crippen LogP contribution is 2.11. The van der Waals surface area contributed by atoms with Crippen LogP contribution in [0, 0.1) is 0 Å². The SMILES string of the molecule is CCCCS(=O)(=O)Nc1cccc(Br)n1. The molecule has 0 saturated heterocycles. The molecule has 0 spiro atoms. The van der Waals surface area contributed by atoms with E-state index in [0.717, 1.165) is 6.42 Å². The Kier molecular flexibility index (Phi) is 4.53. The number of aromatic nitrogens is 1. The molecule has 0 fully saturated rings. The van der Waals surface area contributed by atoms with Crippen molar-refractivity contribution in [3.8, 4) is 0 Å². The van der Waals surface area contributed by atoms with Crippen molar-refractivity contribution in [3.05, 3.63) is 22.8 Å². The average molecular weight is 293 g/mol. The smallest absolute Gasteiger partial charge is 0.233 e. The van der Waals surface area contributed by atoms with E-state index in [-0.39, 0.29) is 5.75 Å². The number of hydrogen-bond acceptors (Lipinski definition) is 3. The molecule has 4 nitrogen and oxygen atoms in total. The summed E-state index contributed by atoms with van der Waals surface area (Å²) in [6.07, 6.45) is 1.51. The van der Waals surface area contributed by atoms with Gasteiger partial charge in [0.2, 0.25) is 10.0 Å². The molecule has 0 aromatic carbocycles. The van der Waals surface area contributed by atoms with Crippen LogP contribution in [0.1, 0.15) is 19.8 Å². The van der Waals surface area contributed by atoms with Crippen LogP contribution < -0.4 is 4.72 Å². The van der Waals surface area contributed by atoms with E-state index < -0.39 is 10.0 Å². The van der Waals surface area contributed by atoms with Crippen LogP contribution in [0.15, 0.2) is 22.8 Å². The van der Waals surface area contributed by atoms with E-state index in [0.29, 0.717) is 16.8 Å². The van der Waals surface area contributed by atoms with E-state index in [2.05, 4.69) is 25.6 Å². The molecule has 0 unspecified atom stereocenters. The second-order valence-electron chi connectivity index (χ2n) is 3.12. The van der Waals surface area contributed by atoms with E-state index in [4.69, 9.17) is 0 Å². The van der Waals surface area contributed by atoms with Crippen molar-refractivity contribution in [2.75, 3.05) is 10.5 Å². The number of sulfonamides is 1. The molecule has 0 aliphatic carbocycles. The van der Waals surface area contributed by atoms with Crippen molar-refractivity contribution in [2.24, 2.45) is 0 Å². The van der Waals surface area contributed by atoms with Crippen molar-refractivity contribution >= 4 is 31.8 Å². The number of nitrogens with zero attached hydrogens (tertiary/aromatic N) is 1. The van der Waals surface area contributed by atoms with Crippen molar-refractivity contribution in [2.45, 2.75) is 19.8 Å². The molecule has 0 bridgehead atoms. The van der Waals surface area contributed by atoms with Crippen LogP contribution in [0.2, 0.25) is 0 Å². The molecule has 1 N–H and O–H groups in total. The molecule has 15 heavy (non-hydrogen) atoms. The fourth-order valence-electron chi connectivity index (χ4n) is 1.01. The van der Waals surface area contributed by atoms with E-state index in [1.165, 1.54) is 0 Å². The second-order valence-corrected chi connectivity index (χ2v) is 5.77. The molecule has 0 aliphatic heterocycles. The zero-order chi connectivity index (χ0) is 11.3. The molecular formula is C9H13BrN2O2S. The van der Waals surface area contributed by atoms with Gasteiger partial charge in [0.1, 0.15) is 10.4 Å². The van der Waals surface area contributed by atoms with Gasteiger partial charge >= 0.3 is 0 Å². The Labute approximate surface area is 98.3 Å². The van der Waals surface area contributed by atoms with Gasteiger partial charge < -0.3 is 0 Å². The Hall–Kier alpha value is -0.620. The zero-order valence-electron chi connectivity index (χ0n) is 8.40. The Bertz CT molecular complexity index is 420. The Morgan fingerprint density at radius 1 is 1.47 bits per heavy atom. The van der Waals surface area contributed by atoms with Crippen molar-refractivity contribution < 1.29 is 8.42 Å². The number of nitrogens with one attached hydrogen (secondary N) is 1. The van der Waals surface area contributed by atoms with Crippen LogP contribution in [-0.2, 0) is 10.0 Å². The summed E-state index contributed by atoms with van der Waals surface area (Å²) in [5.74, 6) is 0.484. The zero-order valence-corrected chi connectivity index (χ0v) is 10.8. The molecule has 1 heterocycles. The average Bonchev–Trinajstić information content (AvgIpc) is 2.14. The largest absolute Gasteiger partial charge is 0.267 e. The van der Waals surface area contributed by atoms with Gasteiger partial charge in [0, 0.05) is 0 Å². The lowest BCUT2D eigenvalue weighted by molar-refractivity contribution is 0.597. The third-order valence-electron chi connectivity index (χ3n) is 1.74. The predicted molar refractivity (Wildman–Crippen MR) is 64.3 cm³/mol. The van der Waals surface area contributed by atoms with Crippen LogP contribution in [0.5, 0.6) is 0 Å². The molecule has 0 saturated carbocycles. The molecule has 0 amide bonds. The van der Waals surface area contributed by atoms with Gasteiger partial charge in [-0.2, -0.15) is 0 Å². The molecule has 0 atom stereocenters. The van der Waals surface area contributed by atoms with E-state index in [1.54, 1.807) is 18.2 Å². The quantitative estimate of drug-likeness (QED) is 0.848. The minimum atomic E-state index is -3.25. The maximum Gasteiger partial charge on any atom is 0.233 e. The molecule has 1 rings (SSSR count). The fourth-order valence-corrected chi connectivity index (χ4v) is 2.56. The van der Waals surface area contributed by atoms with Gasteiger partial charge in [-0.15, -0.1) is 0 Å². The van der Waals surface area contributed by atoms with Crippen molar-refractivity contribution in [3.63, 3.8) is 0 Å². The minimum absolute atomic E-state index is 0.137. The van der Waals surface area contributed by atoms with E-state index in [9.17, 15) is 8.42 Å². The van der Waals surface area contributed by atoms with Crippen molar-refractivity contribution in [1.82, 2.24) is 4.98 Å². The number of hydrogen-bond donors (Lipinski definition) is 1. The lowest BCUT2D eigenvalue weighted by Gasteiger charge is -2.06. The summed E-state index contributed by atoms with van der Waals surface area (Å²) < 4.78 is 26.0. The normalized spacial score (nSPS) is 11.3. The maximum absolute atomic E-state index is 11.5. The molecule has 6 heteroatoms. The molecule has 0 aliphatic rings. The Morgan fingerprint density at radius 3 is 2.80 bits per heavy atom. The first-order valence-electron chi connectivity index (χ1n) is 4.66. The summed E-state index contributed by atoms with van der Waals surface area (Å²) in [6.45, 7) is 1.95. The highest BCUT2D eigenvalue weighted by molar-refractivity contribution is 9.10. The summed E-state index contributed by atoms with van der Waals surface area (Å²) in [5, 5.41) is 0. The molecule has 1 aromatic heterocycles. The number of anilines is 1. The van der Waals surface area contributed by atoms with Crippen LogP contribution >= 0.6 is 15.9 Å². The van der Waals surface area contributed by atoms with Gasteiger partial charge in [-0.25, -0.2) is 13.4 Å². The van der Waals surface area contributed by atoms with Crippen molar-refractivity contribution in [1.29, 1.82) is 0 Å². The first-order valence-corrected chi connectivity index (χ1v) is 7.11. The number of halogens is 1. The van der Waals surface area contributed by atoms with Gasteiger partial charge in [-0.05, 0) is 34.5 Å². The summed E-state index contributed by atoms with van der Waals surface area (Å²) >= 11 is 3.18. The predicted octanol–water partition coefficient (Wildman–Crippen LogP) is 2.39. The van der Waals surface area contributed by atoms with E-state index >= 15 is 0 Å². The van der Waals surface area contributed by atoms with Gasteiger partial charge in [0.05, 0.1) is 5.75 Å². The molecule has 1 aromatic rings. The van der Waals surface area contributed by atoms with Crippen LogP contribution in [-0.4, -0.2) is 19.2 Å². The summed E-state index contributed by atoms with van der Waals surface area (Å²) in [4.78, 5) is 3.99. The van der Waals surface area contributed by atoms with Crippen LogP contribution in [0.25, 0.3) is 0 Å².